The molecule has 2 heteroatoms. The highest BCUT2D eigenvalue weighted by atomic mass is 16.5. The van der Waals surface area contributed by atoms with Gasteiger partial charge in [-0.25, -0.2) is 0 Å². The van der Waals surface area contributed by atoms with Crippen LogP contribution in [0.5, 0.6) is 5.75 Å². The van der Waals surface area contributed by atoms with Gasteiger partial charge < -0.3 is 4.74 Å². The Labute approximate surface area is 83.5 Å². The molecule has 0 aliphatic heterocycles. The van der Waals surface area contributed by atoms with Crippen LogP contribution in [0.4, 0.5) is 0 Å². The van der Waals surface area contributed by atoms with E-state index in [2.05, 4.69) is 11.8 Å². The molecule has 0 heterocycles. The maximum Gasteiger partial charge on any atom is 0.221 e. The highest BCUT2D eigenvalue weighted by Gasteiger charge is 2.01. The van der Waals surface area contributed by atoms with Crippen molar-refractivity contribution in [2.75, 3.05) is 7.11 Å². The second-order valence-corrected chi connectivity index (χ2v) is 2.68. The highest BCUT2D eigenvalue weighted by Crippen LogP contribution is 2.08. The minimum absolute atomic E-state index is 0.141. The summed E-state index contributed by atoms with van der Waals surface area (Å²) in [6.07, 6.45) is 0.760. The molecule has 0 aromatic heterocycles. The summed E-state index contributed by atoms with van der Waals surface area (Å²) in [5, 5.41) is 0. The molecule has 72 valence electrons. The van der Waals surface area contributed by atoms with Crippen LogP contribution in [-0.2, 0) is 0 Å². The fraction of sp³-hybridized carbons (Fsp3) is 0.250. The third-order valence-corrected chi connectivity index (χ3v) is 1.69. The fourth-order valence-corrected chi connectivity index (χ4v) is 1.07. The van der Waals surface area contributed by atoms with E-state index in [1.54, 1.807) is 18.2 Å². The summed E-state index contributed by atoms with van der Waals surface area (Å²) < 4.78 is 5.02. The molecule has 1 aromatic carbocycles. The zero-order chi connectivity index (χ0) is 10.4. The summed E-state index contributed by atoms with van der Waals surface area (Å²) in [6, 6.07) is 6.71. The first-order chi connectivity index (χ1) is 6.79. The first-order valence-electron chi connectivity index (χ1n) is 4.45. The lowest BCUT2D eigenvalue weighted by Crippen LogP contribution is -2.02. The van der Waals surface area contributed by atoms with E-state index in [-0.39, 0.29) is 5.43 Å². The van der Waals surface area contributed by atoms with Gasteiger partial charge in [0.15, 0.2) is 5.75 Å². The first kappa shape index (κ1) is 10.3. The van der Waals surface area contributed by atoms with Crippen molar-refractivity contribution in [1.29, 1.82) is 0 Å². The lowest BCUT2D eigenvalue weighted by Gasteiger charge is -1.96. The van der Waals surface area contributed by atoms with E-state index in [0.29, 0.717) is 11.3 Å². The summed E-state index contributed by atoms with van der Waals surface area (Å²) in [5.74, 6) is 6.13. The zero-order valence-corrected chi connectivity index (χ0v) is 8.33. The van der Waals surface area contributed by atoms with Gasteiger partial charge in [0.1, 0.15) is 0 Å². The van der Waals surface area contributed by atoms with Gasteiger partial charge in [0.05, 0.1) is 12.7 Å². The third kappa shape index (κ3) is 2.37. The Morgan fingerprint density at radius 3 is 2.71 bits per heavy atom. The Bertz CT molecular complexity index is 424. The minimum atomic E-state index is -0.141. The normalized spacial score (nSPS) is 8.71. The molecule has 0 radical (unpaired) electrons. The zero-order valence-electron chi connectivity index (χ0n) is 8.33. The number of rotatable bonds is 1. The Morgan fingerprint density at radius 2 is 2.07 bits per heavy atom. The number of hydrogen-bond donors (Lipinski definition) is 0. The monoisotopic (exact) mass is 188 g/mol. The van der Waals surface area contributed by atoms with Gasteiger partial charge in [-0.1, -0.05) is 30.9 Å². The average Bonchev–Trinajstić information content (AvgIpc) is 2.36. The van der Waals surface area contributed by atoms with E-state index in [9.17, 15) is 4.79 Å². The number of hydrogen-bond acceptors (Lipinski definition) is 2. The Kier molecular flexibility index (Phi) is 3.75. The van der Waals surface area contributed by atoms with Crippen LogP contribution < -0.4 is 10.2 Å². The summed E-state index contributed by atoms with van der Waals surface area (Å²) in [4.78, 5) is 11.4. The van der Waals surface area contributed by atoms with Crippen LogP contribution in [0.2, 0.25) is 0 Å². The second-order valence-electron chi connectivity index (χ2n) is 2.68. The predicted octanol–water partition coefficient (Wildman–Crippen LogP) is 1.82. The molecule has 1 aromatic rings. The van der Waals surface area contributed by atoms with Crippen molar-refractivity contribution < 1.29 is 4.74 Å². The van der Waals surface area contributed by atoms with Crippen LogP contribution in [0, 0.1) is 11.8 Å². The van der Waals surface area contributed by atoms with Crippen molar-refractivity contribution in [2.45, 2.75) is 13.3 Å². The second kappa shape index (κ2) is 5.08. The largest absolute Gasteiger partial charge is 0.491 e. The molecular formula is C12H12O2. The first-order valence-corrected chi connectivity index (χ1v) is 4.45. The number of methoxy groups -OCH3 is 1. The fourth-order valence-electron chi connectivity index (χ4n) is 1.07. The van der Waals surface area contributed by atoms with E-state index in [1.165, 1.54) is 13.2 Å². The molecule has 0 saturated carbocycles. The van der Waals surface area contributed by atoms with Crippen molar-refractivity contribution in [1.82, 2.24) is 0 Å². The van der Waals surface area contributed by atoms with Crippen molar-refractivity contribution in [3.8, 4) is 17.6 Å². The van der Waals surface area contributed by atoms with E-state index < -0.39 is 0 Å². The van der Waals surface area contributed by atoms with Gasteiger partial charge in [0.25, 0.3) is 0 Å². The molecule has 0 bridgehead atoms. The number of ether oxygens (including phenoxy) is 1. The molecule has 2 nitrogen and oxygen atoms in total. The maximum atomic E-state index is 11.4. The van der Waals surface area contributed by atoms with Crippen molar-refractivity contribution in [3.63, 3.8) is 0 Å². The standard InChI is InChI=1S/C12H12O2/c1-3-4-7-10-8-5-6-9-11(13)12(10)14-2/h5-6,8-9H,3H2,1-2H3. The van der Waals surface area contributed by atoms with Gasteiger partial charge in [0, 0.05) is 6.42 Å². The molecule has 0 amide bonds. The maximum absolute atomic E-state index is 11.4. The smallest absolute Gasteiger partial charge is 0.221 e. The summed E-state index contributed by atoms with van der Waals surface area (Å²) >= 11 is 0. The lowest BCUT2D eigenvalue weighted by atomic mass is 10.2. The van der Waals surface area contributed by atoms with E-state index in [1.807, 2.05) is 6.92 Å². The summed E-state index contributed by atoms with van der Waals surface area (Å²) in [5.41, 5.74) is 0.502. The third-order valence-electron chi connectivity index (χ3n) is 1.69. The Hall–Kier alpha value is -1.75. The van der Waals surface area contributed by atoms with Crippen molar-refractivity contribution in [2.24, 2.45) is 0 Å². The SMILES string of the molecule is CCC#Cc1ccccc(=O)c1OC. The minimum Gasteiger partial charge on any atom is -0.491 e. The summed E-state index contributed by atoms with van der Waals surface area (Å²) in [6.45, 7) is 1.96. The van der Waals surface area contributed by atoms with Gasteiger partial charge in [-0.3, -0.25) is 4.79 Å². The van der Waals surface area contributed by atoms with Crippen molar-refractivity contribution in [3.05, 3.63) is 40.1 Å². The highest BCUT2D eigenvalue weighted by molar-refractivity contribution is 5.44. The predicted molar refractivity (Wildman–Crippen MR) is 56.4 cm³/mol. The van der Waals surface area contributed by atoms with Crippen LogP contribution in [-0.4, -0.2) is 7.11 Å². The van der Waals surface area contributed by atoms with Gasteiger partial charge in [-0.2, -0.15) is 0 Å². The molecule has 14 heavy (non-hydrogen) atoms. The van der Waals surface area contributed by atoms with E-state index in [0.717, 1.165) is 6.42 Å². The Balaban J connectivity index is 3.36. The van der Waals surface area contributed by atoms with Gasteiger partial charge in [-0.05, 0) is 12.1 Å². The molecular weight excluding hydrogens is 176 g/mol. The quantitative estimate of drug-likeness (QED) is 0.628. The molecule has 0 fully saturated rings. The van der Waals surface area contributed by atoms with Gasteiger partial charge in [-0.15, -0.1) is 0 Å². The molecule has 0 N–H and O–H groups in total. The van der Waals surface area contributed by atoms with Gasteiger partial charge >= 0.3 is 0 Å². The molecule has 0 aliphatic carbocycles. The van der Waals surface area contributed by atoms with Crippen LogP contribution in [0.1, 0.15) is 18.9 Å². The molecule has 1 rings (SSSR count). The van der Waals surface area contributed by atoms with Crippen LogP contribution >= 0.6 is 0 Å². The Morgan fingerprint density at radius 1 is 1.36 bits per heavy atom. The molecule has 0 aliphatic rings. The van der Waals surface area contributed by atoms with Crippen LogP contribution in [0.3, 0.4) is 0 Å². The summed E-state index contributed by atoms with van der Waals surface area (Å²) in [7, 11) is 1.48. The van der Waals surface area contributed by atoms with Crippen LogP contribution in [0.25, 0.3) is 0 Å². The molecule has 0 unspecified atom stereocenters. The van der Waals surface area contributed by atoms with Gasteiger partial charge in [0.2, 0.25) is 5.43 Å². The molecule has 0 saturated heterocycles. The van der Waals surface area contributed by atoms with E-state index >= 15 is 0 Å². The molecule has 0 spiro atoms. The lowest BCUT2D eigenvalue weighted by molar-refractivity contribution is 0.410. The van der Waals surface area contributed by atoms with Crippen molar-refractivity contribution >= 4 is 0 Å². The average molecular weight is 188 g/mol. The van der Waals surface area contributed by atoms with E-state index in [4.69, 9.17) is 4.74 Å². The topological polar surface area (TPSA) is 26.3 Å². The van der Waals surface area contributed by atoms with Crippen LogP contribution in [0.15, 0.2) is 29.1 Å². The molecule has 0 atom stereocenters.